The Morgan fingerprint density at radius 1 is 1.24 bits per heavy atom. The summed E-state index contributed by atoms with van der Waals surface area (Å²) in [5, 5.41) is 5.97. The molecule has 0 aliphatic rings. The maximum atomic E-state index is 12.0. The van der Waals surface area contributed by atoms with Gasteiger partial charge in [0.15, 0.2) is 0 Å². The van der Waals surface area contributed by atoms with Crippen molar-refractivity contribution in [3.8, 4) is 0 Å². The minimum atomic E-state index is -0.0242. The Morgan fingerprint density at radius 3 is 2.48 bits per heavy atom. The normalized spacial score (nSPS) is 11.6. The summed E-state index contributed by atoms with van der Waals surface area (Å²) < 4.78 is 0. The minimum Gasteiger partial charge on any atom is -0.388 e. The van der Waals surface area contributed by atoms with E-state index in [9.17, 15) is 4.79 Å². The van der Waals surface area contributed by atoms with Crippen molar-refractivity contribution >= 4 is 11.6 Å². The summed E-state index contributed by atoms with van der Waals surface area (Å²) in [6.07, 6.45) is 5.71. The first kappa shape index (κ1) is 17.3. The summed E-state index contributed by atoms with van der Waals surface area (Å²) in [6, 6.07) is 7.48. The largest absolute Gasteiger partial charge is 0.388 e. The van der Waals surface area contributed by atoms with Crippen molar-refractivity contribution in [3.63, 3.8) is 0 Å². The molecule has 0 saturated carbocycles. The quantitative estimate of drug-likeness (QED) is 0.703. The summed E-state index contributed by atoms with van der Waals surface area (Å²) in [6.45, 7) is 7.23. The Balaban J connectivity index is 2.34. The smallest absolute Gasteiger partial charge is 0.251 e. The third-order valence-electron chi connectivity index (χ3n) is 3.50. The molecule has 0 aliphatic heterocycles. The number of amides is 1. The molecule has 0 spiro atoms. The monoisotopic (exact) mass is 288 g/mol. The molecule has 0 radical (unpaired) electrons. The fraction of sp³-hybridized carbons (Fsp3) is 0.500. The van der Waals surface area contributed by atoms with Crippen LogP contribution in [-0.2, 0) is 0 Å². The molecule has 3 nitrogen and oxygen atoms in total. The lowest BCUT2D eigenvalue weighted by molar-refractivity contribution is 0.0958. The van der Waals surface area contributed by atoms with E-state index in [-0.39, 0.29) is 5.91 Å². The average molecular weight is 288 g/mol. The molecule has 2 N–H and O–H groups in total. The molecule has 116 valence electrons. The SMILES string of the molecule is CNc1ccc(C(=O)NC/C=C(\C)CCCC(C)C)cc1. The van der Waals surface area contributed by atoms with Crippen LogP contribution in [-0.4, -0.2) is 19.5 Å². The number of anilines is 1. The van der Waals surface area contributed by atoms with Gasteiger partial charge >= 0.3 is 0 Å². The summed E-state index contributed by atoms with van der Waals surface area (Å²) in [7, 11) is 1.86. The predicted molar refractivity (Wildman–Crippen MR) is 90.8 cm³/mol. The molecule has 1 aromatic rings. The van der Waals surface area contributed by atoms with E-state index in [4.69, 9.17) is 0 Å². The van der Waals surface area contributed by atoms with Crippen LogP contribution < -0.4 is 10.6 Å². The Kier molecular flexibility index (Phi) is 7.59. The Morgan fingerprint density at radius 2 is 1.90 bits per heavy atom. The number of allylic oxidation sites excluding steroid dienone is 1. The molecule has 0 unspecified atom stereocenters. The van der Waals surface area contributed by atoms with E-state index in [2.05, 4.69) is 37.5 Å². The lowest BCUT2D eigenvalue weighted by atomic mass is 10.0. The van der Waals surface area contributed by atoms with Gasteiger partial charge in [-0.15, -0.1) is 0 Å². The summed E-state index contributed by atoms with van der Waals surface area (Å²) in [4.78, 5) is 12.0. The molecular weight excluding hydrogens is 260 g/mol. The number of nitrogens with one attached hydrogen (secondary N) is 2. The van der Waals surface area contributed by atoms with Crippen LogP contribution in [0.2, 0.25) is 0 Å². The maximum Gasteiger partial charge on any atom is 0.251 e. The molecule has 0 atom stereocenters. The zero-order valence-electron chi connectivity index (χ0n) is 13.7. The Bertz CT molecular complexity index is 461. The van der Waals surface area contributed by atoms with Crippen molar-refractivity contribution in [2.75, 3.05) is 18.9 Å². The number of rotatable bonds is 8. The van der Waals surface area contributed by atoms with Crippen LogP contribution in [0, 0.1) is 5.92 Å². The van der Waals surface area contributed by atoms with Gasteiger partial charge in [0.05, 0.1) is 0 Å². The van der Waals surface area contributed by atoms with Gasteiger partial charge in [-0.1, -0.05) is 31.9 Å². The second-order valence-corrected chi connectivity index (χ2v) is 5.87. The van der Waals surface area contributed by atoms with Crippen LogP contribution in [0.4, 0.5) is 5.69 Å². The number of hydrogen-bond donors (Lipinski definition) is 2. The highest BCUT2D eigenvalue weighted by molar-refractivity contribution is 5.94. The number of benzene rings is 1. The Hall–Kier alpha value is -1.77. The highest BCUT2D eigenvalue weighted by atomic mass is 16.1. The number of hydrogen-bond acceptors (Lipinski definition) is 2. The van der Waals surface area contributed by atoms with Gasteiger partial charge < -0.3 is 10.6 Å². The zero-order valence-corrected chi connectivity index (χ0v) is 13.7. The van der Waals surface area contributed by atoms with Gasteiger partial charge in [0, 0.05) is 24.8 Å². The average Bonchev–Trinajstić information content (AvgIpc) is 2.46. The van der Waals surface area contributed by atoms with Crippen LogP contribution in [0.25, 0.3) is 0 Å². The Labute approximate surface area is 128 Å². The maximum absolute atomic E-state index is 12.0. The van der Waals surface area contributed by atoms with E-state index < -0.39 is 0 Å². The highest BCUT2D eigenvalue weighted by Crippen LogP contribution is 2.11. The van der Waals surface area contributed by atoms with E-state index in [1.807, 2.05) is 31.3 Å². The molecular formula is C18H28N2O. The van der Waals surface area contributed by atoms with Gasteiger partial charge in [0.1, 0.15) is 0 Å². The van der Waals surface area contributed by atoms with E-state index in [1.165, 1.54) is 18.4 Å². The summed E-state index contributed by atoms with van der Waals surface area (Å²) >= 11 is 0. The summed E-state index contributed by atoms with van der Waals surface area (Å²) in [5.41, 5.74) is 3.05. The van der Waals surface area contributed by atoms with Crippen molar-refractivity contribution in [2.24, 2.45) is 5.92 Å². The third kappa shape index (κ3) is 6.98. The van der Waals surface area contributed by atoms with Crippen LogP contribution in [0.5, 0.6) is 0 Å². The van der Waals surface area contributed by atoms with Crippen molar-refractivity contribution < 1.29 is 4.79 Å². The molecule has 3 heteroatoms. The minimum absolute atomic E-state index is 0.0242. The molecule has 21 heavy (non-hydrogen) atoms. The van der Waals surface area contributed by atoms with Crippen LogP contribution in [0.3, 0.4) is 0 Å². The zero-order chi connectivity index (χ0) is 15.7. The second kappa shape index (κ2) is 9.22. The van der Waals surface area contributed by atoms with Crippen LogP contribution in [0.15, 0.2) is 35.9 Å². The fourth-order valence-corrected chi connectivity index (χ4v) is 2.10. The van der Waals surface area contributed by atoms with Gasteiger partial charge in [-0.3, -0.25) is 4.79 Å². The predicted octanol–water partition coefficient (Wildman–Crippen LogP) is 4.23. The van der Waals surface area contributed by atoms with Gasteiger partial charge in [-0.05, 0) is 49.9 Å². The van der Waals surface area contributed by atoms with Gasteiger partial charge in [-0.25, -0.2) is 0 Å². The number of carbonyl (C=O) groups excluding carboxylic acids is 1. The van der Waals surface area contributed by atoms with E-state index >= 15 is 0 Å². The standard InChI is InChI=1S/C18H28N2O/c1-14(2)6-5-7-15(3)12-13-20-18(21)16-8-10-17(19-4)11-9-16/h8-12,14,19H,5-7,13H2,1-4H3,(H,20,21)/b15-12+. The first-order valence-corrected chi connectivity index (χ1v) is 7.74. The van der Waals surface area contributed by atoms with Crippen LogP contribution >= 0.6 is 0 Å². The van der Waals surface area contributed by atoms with Gasteiger partial charge in [0.25, 0.3) is 5.91 Å². The second-order valence-electron chi connectivity index (χ2n) is 5.87. The molecule has 0 aliphatic carbocycles. The lowest BCUT2D eigenvalue weighted by Crippen LogP contribution is -2.23. The molecule has 0 fully saturated rings. The fourth-order valence-electron chi connectivity index (χ4n) is 2.10. The number of carbonyl (C=O) groups is 1. The molecule has 0 saturated heterocycles. The van der Waals surface area contributed by atoms with E-state index in [1.54, 1.807) is 0 Å². The van der Waals surface area contributed by atoms with Crippen molar-refractivity contribution in [3.05, 3.63) is 41.5 Å². The van der Waals surface area contributed by atoms with Crippen LogP contribution in [0.1, 0.15) is 50.4 Å². The topological polar surface area (TPSA) is 41.1 Å². The molecule has 0 heterocycles. The van der Waals surface area contributed by atoms with Gasteiger partial charge in [-0.2, -0.15) is 0 Å². The van der Waals surface area contributed by atoms with Crippen molar-refractivity contribution in [1.82, 2.24) is 5.32 Å². The molecule has 1 rings (SSSR count). The molecule has 1 aromatic carbocycles. The molecule has 0 aromatic heterocycles. The van der Waals surface area contributed by atoms with E-state index in [0.717, 1.165) is 18.0 Å². The summed E-state index contributed by atoms with van der Waals surface area (Å²) in [5.74, 6) is 0.738. The van der Waals surface area contributed by atoms with Gasteiger partial charge in [0.2, 0.25) is 0 Å². The first-order valence-electron chi connectivity index (χ1n) is 7.74. The molecule has 1 amide bonds. The van der Waals surface area contributed by atoms with Crippen molar-refractivity contribution in [1.29, 1.82) is 0 Å². The lowest BCUT2D eigenvalue weighted by Gasteiger charge is -2.06. The highest BCUT2D eigenvalue weighted by Gasteiger charge is 2.03. The van der Waals surface area contributed by atoms with Crippen molar-refractivity contribution in [2.45, 2.75) is 40.0 Å². The molecule has 0 bridgehead atoms. The third-order valence-corrected chi connectivity index (χ3v) is 3.50. The first-order chi connectivity index (χ1) is 10.0. The van der Waals surface area contributed by atoms with E-state index in [0.29, 0.717) is 12.1 Å².